The van der Waals surface area contributed by atoms with Crippen molar-refractivity contribution >= 4 is 17.6 Å². The largest absolute Gasteiger partial charge is 0.481 e. The van der Waals surface area contributed by atoms with Crippen LogP contribution in [0.25, 0.3) is 0 Å². The first-order valence-corrected chi connectivity index (χ1v) is 7.08. The highest BCUT2D eigenvalue weighted by molar-refractivity contribution is 5.96. The SMILES string of the molecule is CC(C)(NC(=O)c1ccc2c(c1)CCN2)C(C)(C)C(=O)O. The van der Waals surface area contributed by atoms with Gasteiger partial charge in [0.2, 0.25) is 0 Å². The quantitative estimate of drug-likeness (QED) is 0.795. The van der Waals surface area contributed by atoms with Crippen molar-refractivity contribution in [1.29, 1.82) is 0 Å². The topological polar surface area (TPSA) is 78.4 Å². The average Bonchev–Trinajstić information content (AvgIpc) is 2.84. The summed E-state index contributed by atoms with van der Waals surface area (Å²) < 4.78 is 0. The third-order valence-electron chi connectivity index (χ3n) is 4.60. The average molecular weight is 290 g/mol. The summed E-state index contributed by atoms with van der Waals surface area (Å²) in [5.41, 5.74) is 0.815. The fraction of sp³-hybridized carbons (Fsp3) is 0.500. The fourth-order valence-electron chi connectivity index (χ4n) is 2.23. The van der Waals surface area contributed by atoms with Gasteiger partial charge in [-0.2, -0.15) is 0 Å². The molecule has 114 valence electrons. The Kier molecular flexibility index (Phi) is 3.70. The van der Waals surface area contributed by atoms with Gasteiger partial charge in [-0.15, -0.1) is 0 Å². The number of fused-ring (bicyclic) bond motifs is 1. The minimum atomic E-state index is -1.07. The Bertz CT molecular complexity index is 591. The Hall–Kier alpha value is -2.04. The van der Waals surface area contributed by atoms with Gasteiger partial charge in [0.25, 0.3) is 5.91 Å². The molecular formula is C16H22N2O3. The van der Waals surface area contributed by atoms with E-state index in [2.05, 4.69) is 10.6 Å². The van der Waals surface area contributed by atoms with Gasteiger partial charge in [-0.1, -0.05) is 0 Å². The summed E-state index contributed by atoms with van der Waals surface area (Å²) in [6, 6.07) is 5.53. The summed E-state index contributed by atoms with van der Waals surface area (Å²) in [7, 11) is 0. The summed E-state index contributed by atoms with van der Waals surface area (Å²) >= 11 is 0. The molecule has 1 aromatic rings. The maximum atomic E-state index is 12.4. The molecule has 1 aromatic carbocycles. The van der Waals surface area contributed by atoms with Crippen LogP contribution in [0.1, 0.15) is 43.6 Å². The van der Waals surface area contributed by atoms with Crippen molar-refractivity contribution in [2.24, 2.45) is 5.41 Å². The number of benzene rings is 1. The molecule has 3 N–H and O–H groups in total. The minimum Gasteiger partial charge on any atom is -0.481 e. The molecule has 0 spiro atoms. The van der Waals surface area contributed by atoms with Crippen LogP contribution in [0.5, 0.6) is 0 Å². The van der Waals surface area contributed by atoms with E-state index in [1.54, 1.807) is 33.8 Å². The van der Waals surface area contributed by atoms with Gasteiger partial charge in [0.1, 0.15) is 0 Å². The summed E-state index contributed by atoms with van der Waals surface area (Å²) in [5, 5.41) is 15.4. The van der Waals surface area contributed by atoms with Gasteiger partial charge in [0.05, 0.1) is 11.0 Å². The van der Waals surface area contributed by atoms with Crippen LogP contribution >= 0.6 is 0 Å². The third-order valence-corrected chi connectivity index (χ3v) is 4.60. The van der Waals surface area contributed by atoms with Crippen LogP contribution < -0.4 is 10.6 Å². The van der Waals surface area contributed by atoms with E-state index in [9.17, 15) is 14.7 Å². The van der Waals surface area contributed by atoms with E-state index >= 15 is 0 Å². The van der Waals surface area contributed by atoms with Crippen molar-refractivity contribution in [1.82, 2.24) is 5.32 Å². The summed E-state index contributed by atoms with van der Waals surface area (Å²) in [5.74, 6) is -1.19. The molecule has 0 saturated carbocycles. The Labute approximate surface area is 124 Å². The normalized spacial score (nSPS) is 14.3. The molecule has 1 heterocycles. The van der Waals surface area contributed by atoms with Gasteiger partial charge in [-0.05, 0) is 57.9 Å². The second-order valence-electron chi connectivity index (χ2n) is 6.56. The number of nitrogens with one attached hydrogen (secondary N) is 2. The molecule has 5 nitrogen and oxygen atoms in total. The number of carbonyl (C=O) groups excluding carboxylic acids is 1. The standard InChI is InChI=1S/C16H22N2O3/c1-15(2,14(20)21)16(3,4)18-13(19)11-5-6-12-10(9-11)7-8-17-12/h5-6,9,17H,7-8H2,1-4H3,(H,18,19)(H,20,21). The molecule has 1 aliphatic rings. The number of aliphatic carboxylic acids is 1. The van der Waals surface area contributed by atoms with Crippen LogP contribution in [-0.2, 0) is 11.2 Å². The van der Waals surface area contributed by atoms with E-state index in [0.29, 0.717) is 5.56 Å². The molecule has 0 aliphatic carbocycles. The highest BCUT2D eigenvalue weighted by atomic mass is 16.4. The molecular weight excluding hydrogens is 268 g/mol. The van der Waals surface area contributed by atoms with Crippen molar-refractivity contribution in [3.05, 3.63) is 29.3 Å². The number of amides is 1. The molecule has 1 aliphatic heterocycles. The van der Waals surface area contributed by atoms with E-state index in [4.69, 9.17) is 0 Å². The molecule has 0 atom stereocenters. The molecule has 0 radical (unpaired) electrons. The molecule has 0 saturated heterocycles. The number of carbonyl (C=O) groups is 2. The van der Waals surface area contributed by atoms with E-state index < -0.39 is 16.9 Å². The zero-order valence-corrected chi connectivity index (χ0v) is 12.9. The molecule has 0 aromatic heterocycles. The van der Waals surface area contributed by atoms with Crippen LogP contribution in [0, 0.1) is 5.41 Å². The van der Waals surface area contributed by atoms with Crippen LogP contribution in [0.2, 0.25) is 0 Å². The number of carboxylic acid groups (broad SMARTS) is 1. The third kappa shape index (κ3) is 2.73. The molecule has 5 heteroatoms. The second-order valence-corrected chi connectivity index (χ2v) is 6.56. The highest BCUT2D eigenvalue weighted by Crippen LogP contribution is 2.31. The van der Waals surface area contributed by atoms with Gasteiger partial charge in [0, 0.05) is 17.8 Å². The molecule has 2 rings (SSSR count). The van der Waals surface area contributed by atoms with Crippen LogP contribution in [0.15, 0.2) is 18.2 Å². The number of hydrogen-bond acceptors (Lipinski definition) is 3. The van der Waals surface area contributed by atoms with Crippen molar-refractivity contribution in [3.63, 3.8) is 0 Å². The van der Waals surface area contributed by atoms with Crippen molar-refractivity contribution in [2.75, 3.05) is 11.9 Å². The smallest absolute Gasteiger partial charge is 0.311 e. The van der Waals surface area contributed by atoms with Crippen LogP contribution in [0.4, 0.5) is 5.69 Å². The first-order chi connectivity index (χ1) is 9.65. The van der Waals surface area contributed by atoms with Crippen molar-refractivity contribution in [2.45, 2.75) is 39.7 Å². The van der Waals surface area contributed by atoms with Gasteiger partial charge < -0.3 is 15.7 Å². The minimum absolute atomic E-state index is 0.246. The van der Waals surface area contributed by atoms with Crippen LogP contribution in [0.3, 0.4) is 0 Å². The lowest BCUT2D eigenvalue weighted by Gasteiger charge is -2.38. The van der Waals surface area contributed by atoms with E-state index in [0.717, 1.165) is 24.2 Å². The summed E-state index contributed by atoms with van der Waals surface area (Å²) in [4.78, 5) is 23.8. The predicted octanol–water partition coefficient (Wildman–Crippen LogP) is 2.27. The Morgan fingerprint density at radius 1 is 1.24 bits per heavy atom. The van der Waals surface area contributed by atoms with E-state index in [-0.39, 0.29) is 5.91 Å². The first kappa shape index (κ1) is 15.4. The van der Waals surface area contributed by atoms with E-state index in [1.165, 1.54) is 0 Å². The van der Waals surface area contributed by atoms with Gasteiger partial charge >= 0.3 is 5.97 Å². The lowest BCUT2D eigenvalue weighted by Crippen LogP contribution is -2.56. The first-order valence-electron chi connectivity index (χ1n) is 7.08. The molecule has 21 heavy (non-hydrogen) atoms. The van der Waals surface area contributed by atoms with E-state index in [1.807, 2.05) is 12.1 Å². The monoisotopic (exact) mass is 290 g/mol. The lowest BCUT2D eigenvalue weighted by molar-refractivity contribution is -0.150. The molecule has 0 fully saturated rings. The number of rotatable bonds is 4. The zero-order valence-electron chi connectivity index (χ0n) is 12.9. The summed E-state index contributed by atoms with van der Waals surface area (Å²) in [6.45, 7) is 7.57. The maximum absolute atomic E-state index is 12.4. The molecule has 0 unspecified atom stereocenters. The Balaban J connectivity index is 2.20. The predicted molar refractivity (Wildman–Crippen MR) is 81.6 cm³/mol. The van der Waals surface area contributed by atoms with Gasteiger partial charge in [-0.3, -0.25) is 9.59 Å². The van der Waals surface area contributed by atoms with Crippen molar-refractivity contribution < 1.29 is 14.7 Å². The summed E-state index contributed by atoms with van der Waals surface area (Å²) in [6.07, 6.45) is 0.903. The van der Waals surface area contributed by atoms with Crippen molar-refractivity contribution in [3.8, 4) is 0 Å². The maximum Gasteiger partial charge on any atom is 0.311 e. The van der Waals surface area contributed by atoms with Gasteiger partial charge in [0.15, 0.2) is 0 Å². The van der Waals surface area contributed by atoms with Crippen LogP contribution in [-0.4, -0.2) is 29.1 Å². The second kappa shape index (κ2) is 5.06. The number of carboxylic acids is 1. The Morgan fingerprint density at radius 2 is 1.90 bits per heavy atom. The lowest BCUT2D eigenvalue weighted by atomic mass is 9.74. The zero-order chi connectivity index (χ0) is 15.8. The highest BCUT2D eigenvalue weighted by Gasteiger charge is 2.44. The fourth-order valence-corrected chi connectivity index (χ4v) is 2.23. The van der Waals surface area contributed by atoms with Gasteiger partial charge in [-0.25, -0.2) is 0 Å². The molecule has 0 bridgehead atoms. The Morgan fingerprint density at radius 3 is 2.52 bits per heavy atom. The number of hydrogen-bond donors (Lipinski definition) is 3. The number of anilines is 1. The molecule has 1 amide bonds.